The monoisotopic (exact) mass is 761 g/mol. The van der Waals surface area contributed by atoms with Crippen LogP contribution in [0.2, 0.25) is 0 Å². The summed E-state index contributed by atoms with van der Waals surface area (Å²) in [6, 6.07) is 54.7. The molecular weight excluding hydrogens is 711 g/mol. The average Bonchev–Trinajstić information content (AvgIpc) is 3.79. The largest absolute Gasteiger partial charge is 0.310 e. The number of rotatable bonds is 7. The lowest BCUT2D eigenvalue weighted by molar-refractivity contribution is 0.662. The van der Waals surface area contributed by atoms with E-state index in [0.717, 1.165) is 55.6 Å². The summed E-state index contributed by atoms with van der Waals surface area (Å²) >= 11 is 0. The molecule has 280 valence electrons. The summed E-state index contributed by atoms with van der Waals surface area (Å²) in [5.41, 5.74) is 9.91. The quantitative estimate of drug-likeness (QED) is 0.156. The normalized spacial score (nSPS) is 15.8. The molecule has 1 heteroatoms. The highest BCUT2D eigenvalue weighted by Gasteiger charge is 2.46. The summed E-state index contributed by atoms with van der Waals surface area (Å²) in [5, 5.41) is 0. The molecule has 0 atom stereocenters. The van der Waals surface area contributed by atoms with Crippen molar-refractivity contribution in [3.05, 3.63) is 258 Å². The van der Waals surface area contributed by atoms with Gasteiger partial charge in [0, 0.05) is 22.5 Å². The zero-order chi connectivity index (χ0) is 46.5. The molecule has 0 aromatic heterocycles. The van der Waals surface area contributed by atoms with E-state index >= 15 is 0 Å². The predicted octanol–water partition coefficient (Wildman–Crippen LogP) is 15.2. The highest BCUT2D eigenvalue weighted by molar-refractivity contribution is 5.91. The molecule has 9 aromatic carbocycles. The SMILES string of the molecule is [2H]c1c([2H])c(N(c2ccc3c(c2)C(c2ccccc2)(c2ccccc2)c2ccccc2-3)c2c([2H])c([2H])c(-c3cccc4c3C(C)(C)c3ccccc3-4)c([2H])c2[2H])c([2H])c([2H])c1-c1ccccc1. The lowest BCUT2D eigenvalue weighted by Gasteiger charge is -2.35. The maximum absolute atomic E-state index is 9.96. The molecule has 9 aromatic rings. The van der Waals surface area contributed by atoms with Crippen LogP contribution in [-0.2, 0) is 10.8 Å². The number of fused-ring (bicyclic) bond motifs is 6. The van der Waals surface area contributed by atoms with Gasteiger partial charge in [0.15, 0.2) is 0 Å². The molecule has 59 heavy (non-hydrogen) atoms. The van der Waals surface area contributed by atoms with Crippen molar-refractivity contribution >= 4 is 17.1 Å². The van der Waals surface area contributed by atoms with Gasteiger partial charge in [0.25, 0.3) is 0 Å². The molecule has 11 rings (SSSR count). The first kappa shape index (κ1) is 27.4. The van der Waals surface area contributed by atoms with Gasteiger partial charge in [-0.3, -0.25) is 0 Å². The zero-order valence-electron chi connectivity index (χ0n) is 40.7. The number of benzene rings is 9. The van der Waals surface area contributed by atoms with Gasteiger partial charge in [-0.15, -0.1) is 0 Å². The van der Waals surface area contributed by atoms with Crippen LogP contribution in [0.25, 0.3) is 44.5 Å². The van der Waals surface area contributed by atoms with Gasteiger partial charge in [-0.25, -0.2) is 0 Å². The van der Waals surface area contributed by atoms with Crippen molar-refractivity contribution in [1.29, 1.82) is 0 Å². The van der Waals surface area contributed by atoms with E-state index in [1.54, 1.807) is 24.3 Å². The fourth-order valence-electron chi connectivity index (χ4n) is 9.72. The summed E-state index contributed by atoms with van der Waals surface area (Å²) in [7, 11) is 0. The highest BCUT2D eigenvalue weighted by Crippen LogP contribution is 2.57. The molecular formula is C58H43N. The van der Waals surface area contributed by atoms with E-state index in [1.807, 2.05) is 103 Å². The molecule has 0 fully saturated rings. The highest BCUT2D eigenvalue weighted by atomic mass is 15.1. The first-order valence-electron chi connectivity index (χ1n) is 24.0. The van der Waals surface area contributed by atoms with Crippen molar-refractivity contribution in [3.63, 3.8) is 0 Å². The maximum Gasteiger partial charge on any atom is 0.0714 e. The first-order chi connectivity index (χ1) is 32.4. The van der Waals surface area contributed by atoms with E-state index in [1.165, 1.54) is 4.90 Å². The maximum atomic E-state index is 9.96. The molecule has 2 aliphatic rings. The fourth-order valence-corrected chi connectivity index (χ4v) is 9.72. The standard InChI is InChI=1S/C58H43N/c1-57(2)53-27-14-12-24-50(53)52-26-16-25-48(56(52)57)42-31-35-46(36-32-42)59(45-33-29-41(30-34-45)40-17-6-3-7-18-40)47-37-38-51-49-23-13-15-28-54(49)58(55(51)39-47,43-19-8-4-9-20-43)44-21-10-5-11-22-44/h3-39H,1-2H3/i29D,30D,31D,32D,33D,34D,35D,36D. The van der Waals surface area contributed by atoms with Gasteiger partial charge >= 0.3 is 0 Å². The van der Waals surface area contributed by atoms with Crippen LogP contribution in [0, 0.1) is 0 Å². The molecule has 0 unspecified atom stereocenters. The molecule has 0 spiro atoms. The van der Waals surface area contributed by atoms with Crippen LogP contribution in [0.15, 0.2) is 224 Å². The molecule has 0 bridgehead atoms. The van der Waals surface area contributed by atoms with E-state index in [-0.39, 0.29) is 70.8 Å². The third-order valence-corrected chi connectivity index (χ3v) is 12.3. The second kappa shape index (κ2) is 13.7. The average molecular weight is 762 g/mol. The molecule has 0 saturated carbocycles. The van der Waals surface area contributed by atoms with Crippen molar-refractivity contribution in [2.45, 2.75) is 24.7 Å². The minimum absolute atomic E-state index is 0.118. The summed E-state index contributed by atoms with van der Waals surface area (Å²) in [6.07, 6.45) is 0. The van der Waals surface area contributed by atoms with E-state index in [4.69, 9.17) is 0 Å². The molecule has 0 saturated heterocycles. The second-order valence-corrected chi connectivity index (χ2v) is 15.8. The van der Waals surface area contributed by atoms with E-state index in [0.29, 0.717) is 16.8 Å². The van der Waals surface area contributed by atoms with Crippen LogP contribution in [0.1, 0.15) is 58.2 Å². The van der Waals surface area contributed by atoms with Crippen LogP contribution in [0.4, 0.5) is 17.1 Å². The van der Waals surface area contributed by atoms with Crippen LogP contribution >= 0.6 is 0 Å². The Morgan fingerprint density at radius 3 is 1.46 bits per heavy atom. The van der Waals surface area contributed by atoms with Gasteiger partial charge in [0.1, 0.15) is 0 Å². The zero-order valence-corrected chi connectivity index (χ0v) is 32.7. The molecule has 1 nitrogen and oxygen atoms in total. The predicted molar refractivity (Wildman–Crippen MR) is 247 cm³/mol. The Kier molecular flexibility index (Phi) is 6.38. The lowest BCUT2D eigenvalue weighted by atomic mass is 9.67. The Hall–Kier alpha value is -7.22. The smallest absolute Gasteiger partial charge is 0.0714 e. The number of hydrogen-bond donors (Lipinski definition) is 0. The molecule has 0 amide bonds. The first-order valence-corrected chi connectivity index (χ1v) is 20.0. The van der Waals surface area contributed by atoms with E-state index in [9.17, 15) is 11.0 Å². The third-order valence-electron chi connectivity index (χ3n) is 12.3. The van der Waals surface area contributed by atoms with Crippen molar-refractivity contribution in [3.8, 4) is 44.5 Å². The summed E-state index contributed by atoms with van der Waals surface area (Å²) in [4.78, 5) is 1.43. The molecule has 0 N–H and O–H groups in total. The number of hydrogen-bond acceptors (Lipinski definition) is 1. The van der Waals surface area contributed by atoms with Gasteiger partial charge in [-0.1, -0.05) is 202 Å². The van der Waals surface area contributed by atoms with Gasteiger partial charge in [-0.05, 0) is 114 Å². The van der Waals surface area contributed by atoms with Crippen molar-refractivity contribution in [1.82, 2.24) is 0 Å². The molecule has 0 heterocycles. The summed E-state index contributed by atoms with van der Waals surface area (Å²) < 4.78 is 77.9. The Labute approximate surface area is 358 Å². The van der Waals surface area contributed by atoms with E-state index in [2.05, 4.69) is 62.4 Å². The third kappa shape index (κ3) is 5.39. The minimum Gasteiger partial charge on any atom is -0.310 e. The van der Waals surface area contributed by atoms with Crippen molar-refractivity contribution < 1.29 is 11.0 Å². The molecule has 0 aliphatic heterocycles. The Bertz CT molecular complexity index is 3380. The summed E-state index contributed by atoms with van der Waals surface area (Å²) in [5.74, 6) is 0. The Morgan fingerprint density at radius 2 is 0.831 bits per heavy atom. The van der Waals surface area contributed by atoms with Gasteiger partial charge in [0.2, 0.25) is 0 Å². The van der Waals surface area contributed by atoms with Gasteiger partial charge in [0.05, 0.1) is 16.4 Å². The van der Waals surface area contributed by atoms with Crippen LogP contribution < -0.4 is 4.90 Å². The Balaban J connectivity index is 1.22. The lowest BCUT2D eigenvalue weighted by Crippen LogP contribution is -2.28. The minimum atomic E-state index is -0.862. The van der Waals surface area contributed by atoms with E-state index < -0.39 is 10.8 Å². The van der Waals surface area contributed by atoms with Gasteiger partial charge < -0.3 is 4.90 Å². The summed E-state index contributed by atoms with van der Waals surface area (Å²) in [6.45, 7) is 4.23. The number of nitrogens with zero attached hydrogens (tertiary/aromatic N) is 1. The fraction of sp³-hybridized carbons (Fsp3) is 0.0690. The molecule has 0 radical (unpaired) electrons. The van der Waals surface area contributed by atoms with Crippen LogP contribution in [0.5, 0.6) is 0 Å². The van der Waals surface area contributed by atoms with Crippen LogP contribution in [0.3, 0.4) is 0 Å². The molecule has 2 aliphatic carbocycles. The van der Waals surface area contributed by atoms with Crippen molar-refractivity contribution in [2.24, 2.45) is 0 Å². The van der Waals surface area contributed by atoms with Gasteiger partial charge in [-0.2, -0.15) is 0 Å². The van der Waals surface area contributed by atoms with Crippen LogP contribution in [-0.4, -0.2) is 0 Å². The second-order valence-electron chi connectivity index (χ2n) is 15.8. The Morgan fingerprint density at radius 1 is 0.356 bits per heavy atom. The topological polar surface area (TPSA) is 3.24 Å². The van der Waals surface area contributed by atoms with Crippen molar-refractivity contribution in [2.75, 3.05) is 4.90 Å². The number of anilines is 3.